The predicted octanol–water partition coefficient (Wildman–Crippen LogP) is 2.26. The lowest BCUT2D eigenvalue weighted by atomic mass is 10.0. The molecule has 6 heteroatoms. The Bertz CT molecular complexity index is 720. The fourth-order valence-corrected chi connectivity index (χ4v) is 3.76. The van der Waals surface area contributed by atoms with Crippen molar-refractivity contribution in [3.8, 4) is 0 Å². The number of hydrogen-bond donors (Lipinski definition) is 1. The maximum Gasteiger partial charge on any atom is 0.225 e. The van der Waals surface area contributed by atoms with Gasteiger partial charge < -0.3 is 10.1 Å². The largest absolute Gasteiger partial charge is 0.381 e. The SMILES string of the molecule is Cc1ccc2nc(CC(=O)CNC(=O)[C@H]3CCCOC3)sc2c1. The number of nitrogens with one attached hydrogen (secondary N) is 1. The predicted molar refractivity (Wildman–Crippen MR) is 89.6 cm³/mol. The quantitative estimate of drug-likeness (QED) is 0.912. The van der Waals surface area contributed by atoms with Crippen molar-refractivity contribution in [2.45, 2.75) is 26.2 Å². The number of ether oxygens (including phenoxy) is 1. The first kappa shape index (κ1) is 16.1. The van der Waals surface area contributed by atoms with E-state index in [1.807, 2.05) is 19.1 Å². The van der Waals surface area contributed by atoms with Gasteiger partial charge in [0.15, 0.2) is 5.78 Å². The Labute approximate surface area is 139 Å². The normalized spacial score (nSPS) is 18.0. The van der Waals surface area contributed by atoms with Crippen LogP contribution in [-0.4, -0.2) is 36.4 Å². The number of amides is 1. The first-order chi connectivity index (χ1) is 11.1. The smallest absolute Gasteiger partial charge is 0.225 e. The number of aromatic nitrogens is 1. The Morgan fingerprint density at radius 2 is 2.30 bits per heavy atom. The molecule has 0 spiro atoms. The van der Waals surface area contributed by atoms with Gasteiger partial charge in [0.25, 0.3) is 0 Å². The van der Waals surface area contributed by atoms with Crippen LogP contribution in [0.3, 0.4) is 0 Å². The molecular weight excluding hydrogens is 312 g/mol. The molecule has 1 aromatic carbocycles. The summed E-state index contributed by atoms with van der Waals surface area (Å²) in [5.41, 5.74) is 2.10. The number of carbonyl (C=O) groups is 2. The van der Waals surface area contributed by atoms with Crippen LogP contribution < -0.4 is 5.32 Å². The molecule has 0 radical (unpaired) electrons. The lowest BCUT2D eigenvalue weighted by Gasteiger charge is -2.20. The summed E-state index contributed by atoms with van der Waals surface area (Å²) >= 11 is 1.54. The lowest BCUT2D eigenvalue weighted by Crippen LogP contribution is -2.38. The first-order valence-electron chi connectivity index (χ1n) is 7.85. The Balaban J connectivity index is 1.52. The van der Waals surface area contributed by atoms with Gasteiger partial charge in [0.2, 0.25) is 5.91 Å². The van der Waals surface area contributed by atoms with Crippen LogP contribution in [0.25, 0.3) is 10.2 Å². The van der Waals surface area contributed by atoms with Crippen molar-refractivity contribution >= 4 is 33.2 Å². The topological polar surface area (TPSA) is 68.3 Å². The fraction of sp³-hybridized carbons (Fsp3) is 0.471. The van der Waals surface area contributed by atoms with E-state index in [1.54, 1.807) is 0 Å². The summed E-state index contributed by atoms with van der Waals surface area (Å²) in [6.45, 7) is 3.27. The average molecular weight is 332 g/mol. The second-order valence-electron chi connectivity index (χ2n) is 5.93. The molecule has 0 saturated carbocycles. The van der Waals surface area contributed by atoms with Gasteiger partial charge in [-0.2, -0.15) is 0 Å². The molecule has 1 aliphatic heterocycles. The second-order valence-corrected chi connectivity index (χ2v) is 7.04. The maximum absolute atomic E-state index is 12.1. The lowest BCUT2D eigenvalue weighted by molar-refractivity contribution is -0.131. The standard InChI is InChI=1S/C17H20N2O3S/c1-11-4-5-14-15(7-11)23-16(19-14)8-13(20)9-18-17(21)12-3-2-6-22-10-12/h4-5,7,12H,2-3,6,8-10H2,1H3,(H,18,21)/t12-/m0/s1. The van der Waals surface area contributed by atoms with Crippen molar-refractivity contribution in [3.05, 3.63) is 28.8 Å². The zero-order valence-electron chi connectivity index (χ0n) is 13.1. The third kappa shape index (κ3) is 4.14. The van der Waals surface area contributed by atoms with Gasteiger partial charge in [0, 0.05) is 6.61 Å². The van der Waals surface area contributed by atoms with E-state index in [4.69, 9.17) is 4.74 Å². The Hall–Kier alpha value is -1.79. The van der Waals surface area contributed by atoms with E-state index >= 15 is 0 Å². The highest BCUT2D eigenvalue weighted by molar-refractivity contribution is 7.18. The number of carbonyl (C=O) groups excluding carboxylic acids is 2. The van der Waals surface area contributed by atoms with Crippen LogP contribution in [0.15, 0.2) is 18.2 Å². The highest BCUT2D eigenvalue weighted by Crippen LogP contribution is 2.23. The van der Waals surface area contributed by atoms with Crippen molar-refractivity contribution in [1.82, 2.24) is 10.3 Å². The Kier molecular flexibility index (Phi) is 5.03. The second kappa shape index (κ2) is 7.19. The van der Waals surface area contributed by atoms with Crippen molar-refractivity contribution in [3.63, 3.8) is 0 Å². The average Bonchev–Trinajstić information content (AvgIpc) is 2.94. The van der Waals surface area contributed by atoms with E-state index in [1.165, 1.54) is 16.9 Å². The van der Waals surface area contributed by atoms with Gasteiger partial charge in [-0.3, -0.25) is 9.59 Å². The van der Waals surface area contributed by atoms with E-state index in [2.05, 4.69) is 16.4 Å². The summed E-state index contributed by atoms with van der Waals surface area (Å²) in [5.74, 6) is -0.231. The highest BCUT2D eigenvalue weighted by Gasteiger charge is 2.22. The molecule has 1 aliphatic rings. The van der Waals surface area contributed by atoms with Crippen LogP contribution >= 0.6 is 11.3 Å². The summed E-state index contributed by atoms with van der Waals surface area (Å²) in [6, 6.07) is 6.06. The summed E-state index contributed by atoms with van der Waals surface area (Å²) in [7, 11) is 0. The molecule has 0 aliphatic carbocycles. The number of hydrogen-bond acceptors (Lipinski definition) is 5. The van der Waals surface area contributed by atoms with Crippen LogP contribution in [0.5, 0.6) is 0 Å². The number of thiazole rings is 1. The molecular formula is C17H20N2O3S. The number of aryl methyl sites for hydroxylation is 1. The molecule has 0 bridgehead atoms. The van der Waals surface area contributed by atoms with Gasteiger partial charge in [-0.25, -0.2) is 4.98 Å². The molecule has 1 N–H and O–H groups in total. The first-order valence-corrected chi connectivity index (χ1v) is 8.66. The summed E-state index contributed by atoms with van der Waals surface area (Å²) in [5, 5.41) is 3.52. The van der Waals surface area contributed by atoms with E-state index in [9.17, 15) is 9.59 Å². The number of Topliss-reactive ketones (excluding diaryl/α,β-unsaturated/α-hetero) is 1. The van der Waals surface area contributed by atoms with E-state index in [-0.39, 0.29) is 30.6 Å². The monoisotopic (exact) mass is 332 g/mol. The molecule has 2 aromatic rings. The summed E-state index contributed by atoms with van der Waals surface area (Å²) in [4.78, 5) is 28.5. The molecule has 1 fully saturated rings. The zero-order valence-corrected chi connectivity index (χ0v) is 13.9. The van der Waals surface area contributed by atoms with E-state index in [0.29, 0.717) is 6.61 Å². The minimum absolute atomic E-state index is 0.0224. The van der Waals surface area contributed by atoms with Crippen LogP contribution in [0.1, 0.15) is 23.4 Å². The van der Waals surface area contributed by atoms with Crippen LogP contribution in [0.2, 0.25) is 0 Å². The minimum atomic E-state index is -0.123. The third-order valence-electron chi connectivity index (χ3n) is 3.93. The molecule has 1 aromatic heterocycles. The molecule has 2 heterocycles. The molecule has 1 saturated heterocycles. The Morgan fingerprint density at radius 3 is 3.09 bits per heavy atom. The van der Waals surface area contributed by atoms with Crippen molar-refractivity contribution in [2.24, 2.45) is 5.92 Å². The van der Waals surface area contributed by atoms with Gasteiger partial charge in [0.05, 0.1) is 35.7 Å². The fourth-order valence-electron chi connectivity index (χ4n) is 2.66. The molecule has 23 heavy (non-hydrogen) atoms. The van der Waals surface area contributed by atoms with Crippen molar-refractivity contribution in [2.75, 3.05) is 19.8 Å². The molecule has 3 rings (SSSR count). The molecule has 1 atom stereocenters. The minimum Gasteiger partial charge on any atom is -0.381 e. The summed E-state index contributed by atoms with van der Waals surface area (Å²) in [6.07, 6.45) is 1.99. The number of fused-ring (bicyclic) bond motifs is 1. The van der Waals surface area contributed by atoms with Crippen LogP contribution in [0.4, 0.5) is 0 Å². The van der Waals surface area contributed by atoms with Gasteiger partial charge >= 0.3 is 0 Å². The van der Waals surface area contributed by atoms with Crippen molar-refractivity contribution in [1.29, 1.82) is 0 Å². The summed E-state index contributed by atoms with van der Waals surface area (Å²) < 4.78 is 6.39. The molecule has 1 amide bonds. The molecule has 0 unspecified atom stereocenters. The van der Waals surface area contributed by atoms with Gasteiger partial charge in [-0.15, -0.1) is 11.3 Å². The van der Waals surface area contributed by atoms with Gasteiger partial charge in [0.1, 0.15) is 5.01 Å². The number of ketones is 1. The van der Waals surface area contributed by atoms with E-state index in [0.717, 1.165) is 34.7 Å². The van der Waals surface area contributed by atoms with Crippen LogP contribution in [0, 0.1) is 12.8 Å². The van der Waals surface area contributed by atoms with Crippen LogP contribution in [-0.2, 0) is 20.7 Å². The maximum atomic E-state index is 12.1. The highest BCUT2D eigenvalue weighted by atomic mass is 32.1. The van der Waals surface area contributed by atoms with Gasteiger partial charge in [-0.1, -0.05) is 6.07 Å². The zero-order chi connectivity index (χ0) is 16.2. The molecule has 5 nitrogen and oxygen atoms in total. The number of benzene rings is 1. The third-order valence-corrected chi connectivity index (χ3v) is 4.95. The van der Waals surface area contributed by atoms with E-state index < -0.39 is 0 Å². The Morgan fingerprint density at radius 1 is 1.43 bits per heavy atom. The molecule has 122 valence electrons. The van der Waals surface area contributed by atoms with Gasteiger partial charge in [-0.05, 0) is 37.5 Å². The van der Waals surface area contributed by atoms with Crippen molar-refractivity contribution < 1.29 is 14.3 Å². The number of rotatable bonds is 5. The number of nitrogens with zero attached hydrogens (tertiary/aromatic N) is 1.